The molecular formula is C44H30B2F4N4Se3. The summed E-state index contributed by atoms with van der Waals surface area (Å²) in [7, 11) is 0. The molecule has 0 bridgehead atoms. The molecule has 4 nitrogen and oxygen atoms in total. The first-order valence-corrected chi connectivity index (χ1v) is 24.0. The molecule has 2 aromatic carbocycles. The Morgan fingerprint density at radius 1 is 0.509 bits per heavy atom. The van der Waals surface area contributed by atoms with E-state index in [1.165, 1.54) is 8.96 Å². The van der Waals surface area contributed by atoms with Gasteiger partial charge in [-0.05, 0) is 0 Å². The van der Waals surface area contributed by atoms with Gasteiger partial charge in [-0.3, -0.25) is 0 Å². The van der Waals surface area contributed by atoms with E-state index in [0.29, 0.717) is 33.9 Å². The van der Waals surface area contributed by atoms with E-state index in [2.05, 4.69) is 9.88 Å². The van der Waals surface area contributed by atoms with E-state index in [0.717, 1.165) is 71.3 Å². The topological polar surface area (TPSA) is 15.9 Å². The second-order valence-corrected chi connectivity index (χ2v) is 21.1. The summed E-state index contributed by atoms with van der Waals surface area (Å²) in [5.41, 5.74) is 10.5. The third-order valence-electron chi connectivity index (χ3n) is 11.2. The number of halogens is 4. The Kier molecular flexibility index (Phi) is 7.95. The Bertz CT molecular complexity index is 3010. The summed E-state index contributed by atoms with van der Waals surface area (Å²) < 4.78 is 75.6. The van der Waals surface area contributed by atoms with Crippen molar-refractivity contribution in [2.24, 2.45) is 0 Å². The predicted molar refractivity (Wildman–Crippen MR) is 227 cm³/mol. The quantitative estimate of drug-likeness (QED) is 0.117. The number of fused-ring (bicyclic) bond motifs is 4. The van der Waals surface area contributed by atoms with Crippen molar-refractivity contribution in [3.05, 3.63) is 185 Å². The van der Waals surface area contributed by atoms with Crippen molar-refractivity contribution in [1.82, 2.24) is 8.96 Å². The summed E-state index contributed by atoms with van der Waals surface area (Å²) in [6, 6.07) is 31.8. The molecular weight excluding hydrogens is 919 g/mol. The number of benzene rings is 2. The number of aromatic nitrogens is 2. The maximum atomic E-state index is 16.7. The van der Waals surface area contributed by atoms with E-state index < -0.39 is 13.9 Å². The predicted octanol–water partition coefficient (Wildman–Crippen LogP) is 8.76. The molecule has 0 saturated heterocycles. The van der Waals surface area contributed by atoms with Crippen LogP contribution in [0.2, 0.25) is 0 Å². The summed E-state index contributed by atoms with van der Waals surface area (Å²) in [5.74, 6) is 0. The number of rotatable bonds is 6. The van der Waals surface area contributed by atoms with Gasteiger partial charge in [0.25, 0.3) is 0 Å². The molecule has 4 aliphatic rings. The molecule has 0 aliphatic carbocycles. The van der Waals surface area contributed by atoms with Crippen LogP contribution < -0.4 is 0 Å². The number of aryl methyl sites for hydroxylation is 2. The molecule has 0 radical (unpaired) electrons. The fraction of sp³-hybridized carbons (Fsp3) is 0.0455. The second kappa shape index (κ2) is 12.8. The Hall–Kier alpha value is -4.85. The van der Waals surface area contributed by atoms with Crippen LogP contribution in [0.3, 0.4) is 0 Å². The minimum absolute atomic E-state index is 0.102. The van der Waals surface area contributed by atoms with Crippen molar-refractivity contribution in [3.63, 3.8) is 0 Å². The van der Waals surface area contributed by atoms with Crippen molar-refractivity contribution in [3.8, 4) is 20.0 Å². The molecule has 11 rings (SSSR count). The van der Waals surface area contributed by atoms with Crippen LogP contribution in [0.1, 0.15) is 42.5 Å². The summed E-state index contributed by atoms with van der Waals surface area (Å²) in [6.07, 6.45) is 10.2. The second-order valence-electron chi connectivity index (χ2n) is 14.9. The van der Waals surface area contributed by atoms with E-state index in [4.69, 9.17) is 0 Å². The van der Waals surface area contributed by atoms with Gasteiger partial charge in [-0.1, -0.05) is 0 Å². The van der Waals surface area contributed by atoms with Gasteiger partial charge in [0.1, 0.15) is 0 Å². The number of allylic oxidation sites excluding steroid dienone is 4. The van der Waals surface area contributed by atoms with Crippen LogP contribution in [-0.4, -0.2) is 87.8 Å². The van der Waals surface area contributed by atoms with Crippen molar-refractivity contribution in [2.75, 3.05) is 0 Å². The van der Waals surface area contributed by atoms with Gasteiger partial charge in [0.05, 0.1) is 0 Å². The number of hydrogen-bond acceptors (Lipinski definition) is 0. The van der Waals surface area contributed by atoms with Crippen molar-refractivity contribution >= 4 is 92.2 Å². The van der Waals surface area contributed by atoms with Crippen LogP contribution in [0.25, 0.3) is 42.3 Å². The molecule has 0 atom stereocenters. The SMILES string of the molecule is Cc1ccc(C2=C3C=C(c4ccc(-c5cc6n(c5)[B-](F)(F)[N+]5=CC(c7ccc[se]7)=CC5=C6c5ccc(C)cc5)[se]4)C=[N+]3[B-](F)(F)n3cc(-c4ccc[se]4)cc32)cc1. The van der Waals surface area contributed by atoms with Crippen LogP contribution in [0.4, 0.5) is 17.3 Å². The molecule has 57 heavy (non-hydrogen) atoms. The van der Waals surface area contributed by atoms with E-state index in [9.17, 15) is 0 Å². The molecule has 0 saturated carbocycles. The van der Waals surface area contributed by atoms with Gasteiger partial charge in [-0.25, -0.2) is 0 Å². The van der Waals surface area contributed by atoms with Crippen molar-refractivity contribution in [1.29, 1.82) is 0 Å². The normalized spacial score (nSPS) is 17.5. The summed E-state index contributed by atoms with van der Waals surface area (Å²) in [6.45, 7) is -4.36. The number of nitrogens with zero attached hydrogens (tertiary/aromatic N) is 4. The average molecular weight is 949 g/mol. The first-order valence-electron chi connectivity index (χ1n) is 18.5. The maximum absolute atomic E-state index is 16.7. The monoisotopic (exact) mass is 952 g/mol. The van der Waals surface area contributed by atoms with Crippen molar-refractivity contribution in [2.45, 2.75) is 13.8 Å². The average Bonchev–Trinajstić information content (AvgIpc) is 4.03. The first-order chi connectivity index (χ1) is 27.5. The van der Waals surface area contributed by atoms with Crippen molar-refractivity contribution < 1.29 is 26.2 Å². The molecule has 4 aliphatic heterocycles. The molecule has 0 spiro atoms. The van der Waals surface area contributed by atoms with Crippen LogP contribution in [0.15, 0.2) is 143 Å². The third-order valence-corrected chi connectivity index (χ3v) is 17.6. The van der Waals surface area contributed by atoms with Crippen LogP contribution in [0.5, 0.6) is 0 Å². The van der Waals surface area contributed by atoms with E-state index >= 15 is 17.3 Å². The van der Waals surface area contributed by atoms with Crippen LogP contribution in [-0.2, 0) is 0 Å². The molecule has 5 aromatic heterocycles. The minimum atomic E-state index is -4.19. The molecule has 13 heteroatoms. The standard InChI is InChI=1S/C44H30B2F4N4Se3/c1-27-7-11-29(12-8-27)43-35-19-31(39-5-3-17-55-39)23-51(35)45(47,48)53-25-33(21-37(43)53)41-15-16-42(57-41)34-22-38-44(30-13-9-28(2)10-14-30)36-20-32(40-6-4-18-56-40)24-52(36)46(49,50)54(38)26-34/h3-26H,1-2H3. The molecule has 0 fully saturated rings. The van der Waals surface area contributed by atoms with Gasteiger partial charge in [-0.15, -0.1) is 0 Å². The Morgan fingerprint density at radius 3 is 1.46 bits per heavy atom. The van der Waals surface area contributed by atoms with Gasteiger partial charge < -0.3 is 0 Å². The number of hydrogen-bond donors (Lipinski definition) is 0. The molecule has 9 heterocycles. The van der Waals surface area contributed by atoms with Crippen LogP contribution >= 0.6 is 0 Å². The summed E-state index contributed by atoms with van der Waals surface area (Å²) >= 11 is -0.123. The fourth-order valence-corrected chi connectivity index (χ4v) is 13.4. The first kappa shape index (κ1) is 35.3. The molecule has 0 unspecified atom stereocenters. The van der Waals surface area contributed by atoms with E-state index in [1.54, 1.807) is 24.8 Å². The summed E-state index contributed by atoms with van der Waals surface area (Å²) in [5, 5.41) is 0. The molecule has 7 aromatic rings. The summed E-state index contributed by atoms with van der Waals surface area (Å²) in [4.78, 5) is 4.19. The van der Waals surface area contributed by atoms with Crippen LogP contribution in [0, 0.1) is 13.8 Å². The van der Waals surface area contributed by atoms with Gasteiger partial charge in [0.15, 0.2) is 0 Å². The van der Waals surface area contributed by atoms with Gasteiger partial charge in [-0.2, -0.15) is 0 Å². The molecule has 0 amide bonds. The Balaban J connectivity index is 1.02. The van der Waals surface area contributed by atoms with Gasteiger partial charge >= 0.3 is 347 Å². The van der Waals surface area contributed by atoms with E-state index in [1.807, 2.05) is 123 Å². The third kappa shape index (κ3) is 5.48. The zero-order valence-electron chi connectivity index (χ0n) is 30.5. The Labute approximate surface area is 344 Å². The molecule has 0 N–H and O–H groups in total. The molecule has 278 valence electrons. The Morgan fingerprint density at radius 2 is 0.965 bits per heavy atom. The zero-order chi connectivity index (χ0) is 38.8. The van der Waals surface area contributed by atoms with E-state index in [-0.39, 0.29) is 43.5 Å². The zero-order valence-corrected chi connectivity index (χ0v) is 35.7. The van der Waals surface area contributed by atoms with Gasteiger partial charge in [0.2, 0.25) is 0 Å². The fourth-order valence-electron chi connectivity index (χ4n) is 8.38. The van der Waals surface area contributed by atoms with Gasteiger partial charge in [0, 0.05) is 0 Å².